The molecular formula is C23H25F3N2O4S. The lowest BCUT2D eigenvalue weighted by atomic mass is 9.95. The van der Waals surface area contributed by atoms with Gasteiger partial charge in [-0.2, -0.15) is 13.2 Å². The molecule has 0 radical (unpaired) electrons. The summed E-state index contributed by atoms with van der Waals surface area (Å²) in [6.07, 6.45) is -0.602. The number of carbonyl (C=O) groups excluding carboxylic acids is 2. The van der Waals surface area contributed by atoms with Gasteiger partial charge in [-0.25, -0.2) is 0 Å². The Kier molecular flexibility index (Phi) is 6.83. The van der Waals surface area contributed by atoms with Gasteiger partial charge in [0.05, 0.1) is 0 Å². The Morgan fingerprint density at radius 3 is 2.52 bits per heavy atom. The van der Waals surface area contributed by atoms with Gasteiger partial charge >= 0.3 is 12.1 Å². The summed E-state index contributed by atoms with van der Waals surface area (Å²) in [6.45, 7) is 1.41. The number of carbonyl (C=O) groups is 2. The molecule has 1 N–H and O–H groups in total. The summed E-state index contributed by atoms with van der Waals surface area (Å²) in [5.74, 6) is -1.79. The highest BCUT2D eigenvalue weighted by atomic mass is 32.1. The predicted molar refractivity (Wildman–Crippen MR) is 116 cm³/mol. The number of amides is 2. The number of nitrogens with zero attached hydrogens (tertiary/aromatic N) is 1. The SMILES string of the molecule is Cc1ccc([C@H](C(=O)NC2CCCCC2)N(Cc2ccc3c(c2)OCO3)C(=O)C(F)(F)F)s1. The zero-order chi connectivity index (χ0) is 23.6. The van der Waals surface area contributed by atoms with Gasteiger partial charge < -0.3 is 19.7 Å². The summed E-state index contributed by atoms with van der Waals surface area (Å²) in [6, 6.07) is 6.53. The van der Waals surface area contributed by atoms with Crippen molar-refractivity contribution < 1.29 is 32.2 Å². The van der Waals surface area contributed by atoms with E-state index >= 15 is 0 Å². The zero-order valence-electron chi connectivity index (χ0n) is 18.1. The number of benzene rings is 1. The van der Waals surface area contributed by atoms with Crippen molar-refractivity contribution in [2.45, 2.75) is 63.8 Å². The van der Waals surface area contributed by atoms with E-state index in [1.807, 2.05) is 0 Å². The van der Waals surface area contributed by atoms with Gasteiger partial charge in [0, 0.05) is 22.3 Å². The third-order valence-electron chi connectivity index (χ3n) is 5.84. The average molecular weight is 483 g/mol. The van der Waals surface area contributed by atoms with E-state index < -0.39 is 30.6 Å². The van der Waals surface area contributed by atoms with Crippen LogP contribution in [-0.4, -0.2) is 35.7 Å². The molecule has 0 saturated heterocycles. The maximum atomic E-state index is 13.7. The second-order valence-corrected chi connectivity index (χ2v) is 9.63. The highest BCUT2D eigenvalue weighted by Crippen LogP contribution is 2.36. The van der Waals surface area contributed by atoms with Crippen LogP contribution in [0.15, 0.2) is 30.3 Å². The molecule has 1 aromatic heterocycles. The summed E-state index contributed by atoms with van der Waals surface area (Å²) in [7, 11) is 0. The monoisotopic (exact) mass is 482 g/mol. The van der Waals surface area contributed by atoms with Crippen molar-refractivity contribution in [2.24, 2.45) is 0 Å². The third kappa shape index (κ3) is 5.43. The van der Waals surface area contributed by atoms with E-state index in [1.54, 1.807) is 31.2 Å². The van der Waals surface area contributed by atoms with Gasteiger partial charge in [-0.15, -0.1) is 11.3 Å². The summed E-state index contributed by atoms with van der Waals surface area (Å²) in [5, 5.41) is 2.90. The van der Waals surface area contributed by atoms with E-state index in [4.69, 9.17) is 9.47 Å². The molecule has 33 heavy (non-hydrogen) atoms. The molecule has 6 nitrogen and oxygen atoms in total. The Balaban J connectivity index is 1.68. The Hall–Kier alpha value is -2.75. The highest BCUT2D eigenvalue weighted by Gasteiger charge is 2.47. The van der Waals surface area contributed by atoms with Crippen molar-refractivity contribution in [1.29, 1.82) is 0 Å². The van der Waals surface area contributed by atoms with Crippen LogP contribution in [0, 0.1) is 6.92 Å². The summed E-state index contributed by atoms with van der Waals surface area (Å²) in [4.78, 5) is 27.8. The number of thiophene rings is 1. The van der Waals surface area contributed by atoms with Gasteiger partial charge in [-0.05, 0) is 49.6 Å². The molecule has 2 heterocycles. The van der Waals surface area contributed by atoms with E-state index in [1.165, 1.54) is 17.4 Å². The van der Waals surface area contributed by atoms with Crippen LogP contribution in [-0.2, 0) is 16.1 Å². The van der Waals surface area contributed by atoms with E-state index in [9.17, 15) is 22.8 Å². The normalized spacial score (nSPS) is 17.0. The van der Waals surface area contributed by atoms with Crippen LogP contribution >= 0.6 is 11.3 Å². The minimum absolute atomic E-state index is 0.0187. The third-order valence-corrected chi connectivity index (χ3v) is 6.89. The van der Waals surface area contributed by atoms with Gasteiger partial charge in [0.15, 0.2) is 11.5 Å². The number of hydrogen-bond acceptors (Lipinski definition) is 5. The number of aryl methyl sites for hydroxylation is 1. The Morgan fingerprint density at radius 2 is 1.85 bits per heavy atom. The number of rotatable bonds is 6. The van der Waals surface area contributed by atoms with Crippen molar-refractivity contribution in [3.63, 3.8) is 0 Å². The lowest BCUT2D eigenvalue weighted by Crippen LogP contribution is -2.49. The zero-order valence-corrected chi connectivity index (χ0v) is 18.9. The van der Waals surface area contributed by atoms with Gasteiger partial charge in [0.25, 0.3) is 0 Å². The number of hydrogen-bond donors (Lipinski definition) is 1. The molecule has 2 amide bonds. The molecule has 4 rings (SSSR count). The fourth-order valence-corrected chi connectivity index (χ4v) is 5.22. The van der Waals surface area contributed by atoms with E-state index in [0.29, 0.717) is 26.8 Å². The minimum Gasteiger partial charge on any atom is -0.454 e. The van der Waals surface area contributed by atoms with Crippen molar-refractivity contribution in [3.05, 3.63) is 45.6 Å². The van der Waals surface area contributed by atoms with E-state index in [0.717, 1.165) is 37.0 Å². The Bertz CT molecular complexity index is 1020. The number of alkyl halides is 3. The quantitative estimate of drug-likeness (QED) is 0.638. The number of nitrogens with one attached hydrogen (secondary N) is 1. The van der Waals surface area contributed by atoms with Crippen molar-refractivity contribution in [3.8, 4) is 11.5 Å². The molecule has 2 aromatic rings. The fourth-order valence-electron chi connectivity index (χ4n) is 4.23. The smallest absolute Gasteiger partial charge is 0.454 e. The number of fused-ring (bicyclic) bond motifs is 1. The van der Waals surface area contributed by atoms with E-state index in [2.05, 4.69) is 5.32 Å². The maximum absolute atomic E-state index is 13.7. The van der Waals surface area contributed by atoms with Crippen LogP contribution in [0.5, 0.6) is 11.5 Å². The molecule has 1 atom stereocenters. The molecule has 1 aromatic carbocycles. The van der Waals surface area contributed by atoms with Crippen LogP contribution in [0.3, 0.4) is 0 Å². The first-order valence-electron chi connectivity index (χ1n) is 10.9. The lowest BCUT2D eigenvalue weighted by Gasteiger charge is -2.33. The number of halogens is 3. The van der Waals surface area contributed by atoms with Crippen LogP contribution in [0.1, 0.15) is 53.5 Å². The first-order chi connectivity index (χ1) is 15.7. The second-order valence-electron chi connectivity index (χ2n) is 8.31. The molecule has 0 unspecified atom stereocenters. The number of ether oxygens (including phenoxy) is 2. The first kappa shape index (κ1) is 23.4. The van der Waals surface area contributed by atoms with Crippen LogP contribution in [0.25, 0.3) is 0 Å². The van der Waals surface area contributed by atoms with Gasteiger partial charge in [-0.1, -0.05) is 25.3 Å². The Morgan fingerprint density at radius 1 is 1.12 bits per heavy atom. The lowest BCUT2D eigenvalue weighted by molar-refractivity contribution is -0.189. The standard InChI is InChI=1S/C23H25F3N2O4S/c1-14-7-10-19(33-14)20(21(29)27-16-5-3-2-4-6-16)28(22(30)23(24,25)26)12-15-8-9-17-18(11-15)32-13-31-17/h7-11,16,20H,2-6,12-13H2,1H3,(H,27,29)/t20-/m1/s1. The van der Waals surface area contributed by atoms with Crippen LogP contribution < -0.4 is 14.8 Å². The molecule has 1 aliphatic carbocycles. The van der Waals surface area contributed by atoms with Gasteiger partial charge in [0.2, 0.25) is 12.7 Å². The average Bonchev–Trinajstić information content (AvgIpc) is 3.41. The molecule has 0 spiro atoms. The van der Waals surface area contributed by atoms with Gasteiger partial charge in [0.1, 0.15) is 6.04 Å². The molecule has 1 aliphatic heterocycles. The Labute approximate surface area is 193 Å². The minimum atomic E-state index is -5.13. The van der Waals surface area contributed by atoms with Crippen molar-refractivity contribution in [1.82, 2.24) is 10.2 Å². The maximum Gasteiger partial charge on any atom is 0.471 e. The molecule has 1 saturated carbocycles. The summed E-state index contributed by atoms with van der Waals surface area (Å²) >= 11 is 1.21. The van der Waals surface area contributed by atoms with Gasteiger partial charge in [-0.3, -0.25) is 9.59 Å². The molecule has 10 heteroatoms. The second kappa shape index (κ2) is 9.62. The molecule has 178 valence electrons. The molecule has 0 bridgehead atoms. The molecular weight excluding hydrogens is 457 g/mol. The summed E-state index contributed by atoms with van der Waals surface area (Å²) < 4.78 is 51.6. The molecule has 2 aliphatic rings. The van der Waals surface area contributed by atoms with Crippen molar-refractivity contribution >= 4 is 23.2 Å². The van der Waals surface area contributed by atoms with Crippen molar-refractivity contribution in [2.75, 3.05) is 6.79 Å². The largest absolute Gasteiger partial charge is 0.471 e. The van der Waals surface area contributed by atoms with Crippen LogP contribution in [0.4, 0.5) is 13.2 Å². The first-order valence-corrected chi connectivity index (χ1v) is 11.7. The fraction of sp³-hybridized carbons (Fsp3) is 0.478. The topological polar surface area (TPSA) is 67.9 Å². The molecule has 1 fully saturated rings. The van der Waals surface area contributed by atoms with E-state index in [-0.39, 0.29) is 12.8 Å². The van der Waals surface area contributed by atoms with Crippen LogP contribution in [0.2, 0.25) is 0 Å². The highest BCUT2D eigenvalue weighted by molar-refractivity contribution is 7.12. The summed E-state index contributed by atoms with van der Waals surface area (Å²) in [5.41, 5.74) is 0.403. The predicted octanol–water partition coefficient (Wildman–Crippen LogP) is 4.87.